The van der Waals surface area contributed by atoms with Gasteiger partial charge in [-0.2, -0.15) is 0 Å². The number of halogens is 3. The highest BCUT2D eigenvalue weighted by atomic mass is 35.5. The molecule has 0 spiro atoms. The van der Waals surface area contributed by atoms with Crippen molar-refractivity contribution in [3.05, 3.63) is 99.2 Å². The summed E-state index contributed by atoms with van der Waals surface area (Å²) in [6, 6.07) is 21.4. The lowest BCUT2D eigenvalue weighted by Crippen LogP contribution is -2.34. The second-order valence-electron chi connectivity index (χ2n) is 7.15. The van der Waals surface area contributed by atoms with Crippen LogP contribution in [0.5, 0.6) is 5.75 Å². The molecule has 0 bridgehead atoms. The standard InChI is InChI=1S/C23H18Cl2N2O.ClH/c24-14-7-10-16(19(25)11-14)18-12-26-22(13-5-8-15(28)9-6-13)23-21(18)17-3-1-2-4-20(17)27-23;/h1-11,18,22,26-28H,12H2;1H. The first-order valence-electron chi connectivity index (χ1n) is 9.19. The predicted molar refractivity (Wildman–Crippen MR) is 122 cm³/mol. The lowest BCUT2D eigenvalue weighted by molar-refractivity contribution is 0.474. The molecular formula is C23H19Cl3N2O. The summed E-state index contributed by atoms with van der Waals surface area (Å²) in [5, 5.41) is 15.8. The fraction of sp³-hybridized carbons (Fsp3) is 0.130. The number of aromatic amines is 1. The lowest BCUT2D eigenvalue weighted by atomic mass is 9.83. The number of phenolic OH excluding ortho intramolecular Hbond substituents is 1. The number of fused-ring (bicyclic) bond motifs is 3. The van der Waals surface area contributed by atoms with Crippen LogP contribution in [0.2, 0.25) is 10.0 Å². The highest BCUT2D eigenvalue weighted by Crippen LogP contribution is 2.43. The van der Waals surface area contributed by atoms with Crippen molar-refractivity contribution >= 4 is 46.5 Å². The van der Waals surface area contributed by atoms with Gasteiger partial charge in [0.1, 0.15) is 5.75 Å². The maximum Gasteiger partial charge on any atom is 0.115 e. The minimum Gasteiger partial charge on any atom is -0.508 e. The summed E-state index contributed by atoms with van der Waals surface area (Å²) in [5.74, 6) is 0.381. The molecule has 0 fully saturated rings. The van der Waals surface area contributed by atoms with Gasteiger partial charge in [-0.15, -0.1) is 12.4 Å². The Balaban J connectivity index is 0.00000205. The highest BCUT2D eigenvalue weighted by Gasteiger charge is 2.33. The SMILES string of the molecule is Cl.Oc1ccc(C2NCC(c3ccc(Cl)cc3Cl)c3c2[nH]c2ccccc32)cc1. The van der Waals surface area contributed by atoms with Gasteiger partial charge in [0.15, 0.2) is 0 Å². The first kappa shape index (κ1) is 20.1. The van der Waals surface area contributed by atoms with Crippen LogP contribution in [0.15, 0.2) is 66.7 Å². The molecule has 0 aliphatic carbocycles. The normalized spacial score (nSPS) is 18.3. The van der Waals surface area contributed by atoms with E-state index in [0.29, 0.717) is 10.0 Å². The number of benzene rings is 3. The van der Waals surface area contributed by atoms with E-state index in [1.165, 1.54) is 10.9 Å². The van der Waals surface area contributed by atoms with E-state index in [0.717, 1.165) is 28.9 Å². The second-order valence-corrected chi connectivity index (χ2v) is 7.99. The van der Waals surface area contributed by atoms with Crippen LogP contribution in [0.4, 0.5) is 0 Å². The van der Waals surface area contributed by atoms with Gasteiger partial charge in [0, 0.05) is 39.1 Å². The molecule has 3 aromatic carbocycles. The zero-order chi connectivity index (χ0) is 19.3. The molecule has 0 saturated heterocycles. The Bertz CT molecular complexity index is 1170. The topological polar surface area (TPSA) is 48.0 Å². The third kappa shape index (κ3) is 3.49. The Morgan fingerprint density at radius 2 is 1.69 bits per heavy atom. The summed E-state index contributed by atoms with van der Waals surface area (Å²) in [7, 11) is 0. The molecule has 1 aliphatic rings. The van der Waals surface area contributed by atoms with Crippen LogP contribution in [0.1, 0.15) is 34.3 Å². The molecule has 4 aromatic rings. The number of hydrogen-bond donors (Lipinski definition) is 3. The molecule has 1 aromatic heterocycles. The minimum atomic E-state index is 0. The smallest absolute Gasteiger partial charge is 0.115 e. The van der Waals surface area contributed by atoms with E-state index in [9.17, 15) is 5.11 Å². The number of aromatic hydroxyl groups is 1. The summed E-state index contributed by atoms with van der Waals surface area (Å²) in [4.78, 5) is 3.62. The van der Waals surface area contributed by atoms with Crippen molar-refractivity contribution in [3.8, 4) is 5.75 Å². The van der Waals surface area contributed by atoms with Gasteiger partial charge in [-0.1, -0.05) is 59.6 Å². The Labute approximate surface area is 185 Å². The van der Waals surface area contributed by atoms with Crippen LogP contribution in [0.3, 0.4) is 0 Å². The number of H-pyrrole nitrogens is 1. The molecule has 148 valence electrons. The predicted octanol–water partition coefficient (Wildman–Crippen LogP) is 6.43. The summed E-state index contributed by atoms with van der Waals surface area (Å²) < 4.78 is 0. The molecule has 2 atom stereocenters. The van der Waals surface area contributed by atoms with Crippen molar-refractivity contribution < 1.29 is 5.11 Å². The van der Waals surface area contributed by atoms with Gasteiger partial charge in [0.05, 0.1) is 6.04 Å². The molecule has 0 saturated carbocycles. The van der Waals surface area contributed by atoms with Gasteiger partial charge in [0.25, 0.3) is 0 Å². The van der Waals surface area contributed by atoms with Gasteiger partial charge < -0.3 is 15.4 Å². The van der Waals surface area contributed by atoms with Crippen LogP contribution < -0.4 is 5.32 Å². The van der Waals surface area contributed by atoms with Crippen LogP contribution in [0, 0.1) is 0 Å². The molecule has 6 heteroatoms. The molecule has 29 heavy (non-hydrogen) atoms. The van der Waals surface area contributed by atoms with Crippen LogP contribution in [0.25, 0.3) is 10.9 Å². The quantitative estimate of drug-likeness (QED) is 0.333. The van der Waals surface area contributed by atoms with Gasteiger partial charge in [0.2, 0.25) is 0 Å². The number of rotatable bonds is 2. The van der Waals surface area contributed by atoms with Gasteiger partial charge >= 0.3 is 0 Å². The van der Waals surface area contributed by atoms with E-state index in [1.807, 2.05) is 30.3 Å². The number of hydrogen-bond acceptors (Lipinski definition) is 2. The van der Waals surface area contributed by atoms with Crippen molar-refractivity contribution in [3.63, 3.8) is 0 Å². The lowest BCUT2D eigenvalue weighted by Gasteiger charge is -2.32. The molecule has 5 rings (SSSR count). The third-order valence-electron chi connectivity index (χ3n) is 5.50. The fourth-order valence-electron chi connectivity index (χ4n) is 4.23. The van der Waals surface area contributed by atoms with E-state index in [4.69, 9.17) is 23.2 Å². The molecule has 0 amide bonds. The average Bonchev–Trinajstić information content (AvgIpc) is 3.08. The van der Waals surface area contributed by atoms with E-state index in [1.54, 1.807) is 18.2 Å². The van der Waals surface area contributed by atoms with E-state index in [2.05, 4.69) is 28.5 Å². The molecule has 0 radical (unpaired) electrons. The van der Waals surface area contributed by atoms with E-state index < -0.39 is 0 Å². The van der Waals surface area contributed by atoms with Gasteiger partial charge in [-0.05, 0) is 47.0 Å². The van der Waals surface area contributed by atoms with E-state index >= 15 is 0 Å². The number of phenols is 1. The number of aromatic nitrogens is 1. The zero-order valence-corrected chi connectivity index (χ0v) is 17.7. The van der Waals surface area contributed by atoms with Crippen molar-refractivity contribution in [2.45, 2.75) is 12.0 Å². The Kier molecular flexibility index (Phi) is 5.50. The largest absolute Gasteiger partial charge is 0.508 e. The summed E-state index contributed by atoms with van der Waals surface area (Å²) in [6.07, 6.45) is 0. The summed E-state index contributed by atoms with van der Waals surface area (Å²) >= 11 is 12.7. The molecular weight excluding hydrogens is 427 g/mol. The van der Waals surface area contributed by atoms with Crippen LogP contribution >= 0.6 is 35.6 Å². The fourth-order valence-corrected chi connectivity index (χ4v) is 4.77. The van der Waals surface area contributed by atoms with Crippen molar-refractivity contribution in [1.82, 2.24) is 10.3 Å². The van der Waals surface area contributed by atoms with Crippen molar-refractivity contribution in [2.75, 3.05) is 6.54 Å². The Hall–Kier alpha value is -2.17. The molecule has 3 N–H and O–H groups in total. The molecule has 3 nitrogen and oxygen atoms in total. The number of nitrogens with one attached hydrogen (secondary N) is 2. The zero-order valence-electron chi connectivity index (χ0n) is 15.3. The molecule has 1 aliphatic heterocycles. The summed E-state index contributed by atoms with van der Waals surface area (Å²) in [5.41, 5.74) is 5.67. The average molecular weight is 446 g/mol. The van der Waals surface area contributed by atoms with Gasteiger partial charge in [-0.3, -0.25) is 0 Å². The van der Waals surface area contributed by atoms with Crippen molar-refractivity contribution in [1.29, 1.82) is 0 Å². The Morgan fingerprint density at radius 1 is 0.931 bits per heavy atom. The Morgan fingerprint density at radius 3 is 2.45 bits per heavy atom. The minimum absolute atomic E-state index is 0. The third-order valence-corrected chi connectivity index (χ3v) is 6.07. The second kappa shape index (κ2) is 7.92. The van der Waals surface area contributed by atoms with E-state index in [-0.39, 0.29) is 30.1 Å². The van der Waals surface area contributed by atoms with Crippen molar-refractivity contribution in [2.24, 2.45) is 0 Å². The molecule has 2 unspecified atom stereocenters. The van der Waals surface area contributed by atoms with Crippen LogP contribution in [-0.4, -0.2) is 16.6 Å². The maximum absolute atomic E-state index is 9.65. The molecule has 2 heterocycles. The first-order valence-corrected chi connectivity index (χ1v) is 9.95. The van der Waals surface area contributed by atoms with Gasteiger partial charge in [-0.25, -0.2) is 0 Å². The highest BCUT2D eigenvalue weighted by molar-refractivity contribution is 6.35. The monoisotopic (exact) mass is 444 g/mol. The first-order chi connectivity index (χ1) is 13.6. The number of para-hydroxylation sites is 1. The maximum atomic E-state index is 9.65. The summed E-state index contributed by atoms with van der Waals surface area (Å²) in [6.45, 7) is 0.752. The van der Waals surface area contributed by atoms with Crippen LogP contribution in [-0.2, 0) is 0 Å².